The van der Waals surface area contributed by atoms with E-state index in [-0.39, 0.29) is 12.5 Å². The van der Waals surface area contributed by atoms with Gasteiger partial charge in [0.15, 0.2) is 0 Å². The zero-order valence-corrected chi connectivity index (χ0v) is 9.66. The van der Waals surface area contributed by atoms with Crippen molar-refractivity contribution in [3.05, 3.63) is 28.0 Å². The highest BCUT2D eigenvalue weighted by Gasteiger charge is 2.14. The molecule has 7 heteroatoms. The molecule has 0 saturated carbocycles. The van der Waals surface area contributed by atoms with Gasteiger partial charge in [0.25, 0.3) is 0 Å². The lowest BCUT2D eigenvalue weighted by molar-refractivity contribution is -0.402. The fourth-order valence-corrected chi connectivity index (χ4v) is 1.40. The molecule has 17 heavy (non-hydrogen) atoms. The standard InChI is InChI=1S/C10H16N2O5/c1-16-7-5-11(4-6-13)8-9-2-3-10(17-9)12(14)15/h2-3,13H,4-8H2,1H3. The van der Waals surface area contributed by atoms with Crippen LogP contribution in [0.5, 0.6) is 0 Å². The van der Waals surface area contributed by atoms with Crippen molar-refractivity contribution in [3.8, 4) is 0 Å². The molecule has 0 spiro atoms. The zero-order valence-electron chi connectivity index (χ0n) is 9.66. The highest BCUT2D eigenvalue weighted by Crippen LogP contribution is 2.16. The number of aliphatic hydroxyl groups is 1. The van der Waals surface area contributed by atoms with E-state index in [1.54, 1.807) is 13.2 Å². The van der Waals surface area contributed by atoms with Crippen molar-refractivity contribution in [3.63, 3.8) is 0 Å². The van der Waals surface area contributed by atoms with Gasteiger partial charge in [-0.2, -0.15) is 0 Å². The van der Waals surface area contributed by atoms with Crippen molar-refractivity contribution < 1.29 is 19.2 Å². The third-order valence-electron chi connectivity index (χ3n) is 2.23. The van der Waals surface area contributed by atoms with Gasteiger partial charge in [0.05, 0.1) is 25.8 Å². The van der Waals surface area contributed by atoms with Crippen LogP contribution in [0, 0.1) is 10.1 Å². The average molecular weight is 244 g/mol. The summed E-state index contributed by atoms with van der Waals surface area (Å²) in [5.74, 6) is 0.233. The number of aliphatic hydroxyl groups excluding tert-OH is 1. The van der Waals surface area contributed by atoms with Gasteiger partial charge in [0.1, 0.15) is 10.7 Å². The quantitative estimate of drug-likeness (QED) is 0.533. The Hall–Kier alpha value is -1.44. The minimum absolute atomic E-state index is 0.0204. The van der Waals surface area contributed by atoms with Crippen LogP contribution in [0.1, 0.15) is 5.76 Å². The third kappa shape index (κ3) is 4.51. The van der Waals surface area contributed by atoms with E-state index in [9.17, 15) is 10.1 Å². The summed E-state index contributed by atoms with van der Waals surface area (Å²) in [4.78, 5) is 11.8. The predicted octanol–water partition coefficient (Wildman–Crippen LogP) is 0.629. The van der Waals surface area contributed by atoms with Crippen LogP contribution < -0.4 is 0 Å². The summed E-state index contributed by atoms with van der Waals surface area (Å²) in [6.45, 7) is 2.07. The molecule has 0 aliphatic heterocycles. The highest BCUT2D eigenvalue weighted by atomic mass is 16.6. The molecule has 96 valence electrons. The lowest BCUT2D eigenvalue weighted by Crippen LogP contribution is -2.29. The Bertz CT molecular complexity index is 352. The lowest BCUT2D eigenvalue weighted by Gasteiger charge is -2.19. The molecule has 1 heterocycles. The van der Waals surface area contributed by atoms with Crippen molar-refractivity contribution in [2.45, 2.75) is 6.54 Å². The molecule has 1 aromatic rings. The SMILES string of the molecule is COCCN(CCO)Cc1ccc([N+](=O)[O-])o1. The molecule has 0 aromatic carbocycles. The van der Waals surface area contributed by atoms with Crippen LogP contribution >= 0.6 is 0 Å². The minimum Gasteiger partial charge on any atom is -0.404 e. The maximum absolute atomic E-state index is 10.4. The molecule has 0 radical (unpaired) electrons. The van der Waals surface area contributed by atoms with Crippen molar-refractivity contribution in [1.82, 2.24) is 4.90 Å². The van der Waals surface area contributed by atoms with E-state index in [1.165, 1.54) is 6.07 Å². The average Bonchev–Trinajstić information content (AvgIpc) is 2.75. The van der Waals surface area contributed by atoms with E-state index in [1.807, 2.05) is 4.90 Å². The van der Waals surface area contributed by atoms with Crippen molar-refractivity contribution in [1.29, 1.82) is 0 Å². The normalized spacial score (nSPS) is 11.0. The van der Waals surface area contributed by atoms with E-state index in [0.29, 0.717) is 32.0 Å². The van der Waals surface area contributed by atoms with Gasteiger partial charge < -0.3 is 14.3 Å². The Kier molecular flexibility index (Phi) is 5.61. The Labute approximate surface area is 98.7 Å². The van der Waals surface area contributed by atoms with Crippen LogP contribution in [-0.2, 0) is 11.3 Å². The van der Waals surface area contributed by atoms with Crippen LogP contribution in [0.3, 0.4) is 0 Å². The van der Waals surface area contributed by atoms with Crippen LogP contribution in [0.2, 0.25) is 0 Å². The number of hydrogen-bond acceptors (Lipinski definition) is 6. The summed E-state index contributed by atoms with van der Waals surface area (Å²) in [6.07, 6.45) is 0. The number of furan rings is 1. The Morgan fingerprint density at radius 2 is 2.29 bits per heavy atom. The van der Waals surface area contributed by atoms with Gasteiger partial charge >= 0.3 is 5.88 Å². The first-order valence-corrected chi connectivity index (χ1v) is 5.22. The molecule has 0 amide bonds. The first kappa shape index (κ1) is 13.6. The summed E-state index contributed by atoms with van der Waals surface area (Å²) in [5.41, 5.74) is 0. The fraction of sp³-hybridized carbons (Fsp3) is 0.600. The summed E-state index contributed by atoms with van der Waals surface area (Å²) in [7, 11) is 1.59. The van der Waals surface area contributed by atoms with Gasteiger partial charge in [-0.25, -0.2) is 0 Å². The summed E-state index contributed by atoms with van der Waals surface area (Å²) in [6, 6.07) is 2.89. The first-order valence-electron chi connectivity index (χ1n) is 5.22. The van der Waals surface area contributed by atoms with Crippen LogP contribution in [-0.4, -0.2) is 48.3 Å². The Morgan fingerprint density at radius 1 is 1.53 bits per heavy atom. The molecule has 1 rings (SSSR count). The van der Waals surface area contributed by atoms with E-state index < -0.39 is 4.92 Å². The molecule has 1 N–H and O–H groups in total. The molecule has 0 saturated heterocycles. The minimum atomic E-state index is -0.574. The number of hydrogen-bond donors (Lipinski definition) is 1. The van der Waals surface area contributed by atoms with E-state index in [4.69, 9.17) is 14.3 Å². The number of nitrogens with zero attached hydrogens (tertiary/aromatic N) is 2. The van der Waals surface area contributed by atoms with Crippen LogP contribution in [0.15, 0.2) is 16.5 Å². The van der Waals surface area contributed by atoms with Gasteiger partial charge in [0, 0.05) is 20.2 Å². The Morgan fingerprint density at radius 3 is 2.82 bits per heavy atom. The highest BCUT2D eigenvalue weighted by molar-refractivity contribution is 5.17. The molecule has 0 unspecified atom stereocenters. The molecule has 7 nitrogen and oxygen atoms in total. The molecule has 0 fully saturated rings. The number of nitro groups is 1. The van der Waals surface area contributed by atoms with Gasteiger partial charge in [-0.3, -0.25) is 15.0 Å². The molecule has 0 bridgehead atoms. The molecule has 0 aliphatic carbocycles. The summed E-state index contributed by atoms with van der Waals surface area (Å²) >= 11 is 0. The lowest BCUT2D eigenvalue weighted by atomic mass is 10.4. The number of rotatable bonds is 8. The van der Waals surface area contributed by atoms with Crippen molar-refractivity contribution in [2.24, 2.45) is 0 Å². The van der Waals surface area contributed by atoms with Crippen molar-refractivity contribution in [2.75, 3.05) is 33.4 Å². The number of ether oxygens (including phenoxy) is 1. The third-order valence-corrected chi connectivity index (χ3v) is 2.23. The maximum Gasteiger partial charge on any atom is 0.433 e. The van der Waals surface area contributed by atoms with E-state index >= 15 is 0 Å². The van der Waals surface area contributed by atoms with Gasteiger partial charge in [-0.1, -0.05) is 0 Å². The van der Waals surface area contributed by atoms with E-state index in [0.717, 1.165) is 0 Å². The van der Waals surface area contributed by atoms with Crippen LogP contribution in [0.4, 0.5) is 5.88 Å². The first-order chi connectivity index (χ1) is 8.17. The molecule has 0 atom stereocenters. The zero-order chi connectivity index (χ0) is 12.7. The molecule has 1 aromatic heterocycles. The monoisotopic (exact) mass is 244 g/mol. The Balaban J connectivity index is 2.55. The summed E-state index contributed by atoms with van der Waals surface area (Å²) < 4.78 is 9.98. The van der Waals surface area contributed by atoms with Crippen LogP contribution in [0.25, 0.3) is 0 Å². The second-order valence-corrected chi connectivity index (χ2v) is 3.49. The summed E-state index contributed by atoms with van der Waals surface area (Å²) in [5, 5.41) is 19.3. The molecule has 0 aliphatic rings. The largest absolute Gasteiger partial charge is 0.433 e. The number of methoxy groups -OCH3 is 1. The smallest absolute Gasteiger partial charge is 0.404 e. The van der Waals surface area contributed by atoms with Gasteiger partial charge in [-0.15, -0.1) is 0 Å². The van der Waals surface area contributed by atoms with Crippen molar-refractivity contribution >= 4 is 5.88 Å². The molecular weight excluding hydrogens is 228 g/mol. The second-order valence-electron chi connectivity index (χ2n) is 3.49. The van der Waals surface area contributed by atoms with Gasteiger partial charge in [0.2, 0.25) is 0 Å². The maximum atomic E-state index is 10.4. The topological polar surface area (TPSA) is 89.0 Å². The van der Waals surface area contributed by atoms with E-state index in [2.05, 4.69) is 0 Å². The second kappa shape index (κ2) is 7.00. The predicted molar refractivity (Wildman–Crippen MR) is 59.6 cm³/mol. The van der Waals surface area contributed by atoms with Gasteiger partial charge in [-0.05, 0) is 6.07 Å². The molecular formula is C10H16N2O5. The fourth-order valence-electron chi connectivity index (χ4n) is 1.40.